The van der Waals surface area contributed by atoms with Crippen LogP contribution in [0.15, 0.2) is 36.5 Å². The maximum atomic E-state index is 12.5. The number of carbonyl (C=O) groups is 1. The monoisotopic (exact) mass is 354 g/mol. The summed E-state index contributed by atoms with van der Waals surface area (Å²) in [4.78, 5) is 19.2. The first-order chi connectivity index (χ1) is 12.6. The summed E-state index contributed by atoms with van der Waals surface area (Å²) in [5.41, 5.74) is 3.76. The second kappa shape index (κ2) is 8.78. The second-order valence-corrected chi connectivity index (χ2v) is 6.56. The van der Waals surface area contributed by atoms with Gasteiger partial charge < -0.3 is 15.4 Å². The lowest BCUT2D eigenvalue weighted by molar-refractivity contribution is 0.0398. The van der Waals surface area contributed by atoms with Crippen LogP contribution in [0.25, 0.3) is 0 Å². The molecule has 1 saturated heterocycles. The Hall–Kier alpha value is -2.44. The average molecular weight is 354 g/mol. The number of anilines is 2. The van der Waals surface area contributed by atoms with Crippen LogP contribution in [-0.2, 0) is 4.74 Å². The number of pyridine rings is 1. The molecule has 0 unspecified atom stereocenters. The van der Waals surface area contributed by atoms with Gasteiger partial charge in [0.25, 0.3) is 5.91 Å². The van der Waals surface area contributed by atoms with Crippen molar-refractivity contribution in [2.75, 3.05) is 50.0 Å². The van der Waals surface area contributed by atoms with E-state index < -0.39 is 0 Å². The van der Waals surface area contributed by atoms with Crippen LogP contribution in [0, 0.1) is 13.8 Å². The summed E-state index contributed by atoms with van der Waals surface area (Å²) in [6.45, 7) is 9.34. The highest BCUT2D eigenvalue weighted by molar-refractivity contribution is 6.04. The van der Waals surface area contributed by atoms with Crippen LogP contribution in [0.3, 0.4) is 0 Å². The summed E-state index contributed by atoms with van der Waals surface area (Å²) < 4.78 is 5.35. The van der Waals surface area contributed by atoms with E-state index in [4.69, 9.17) is 4.74 Å². The van der Waals surface area contributed by atoms with Gasteiger partial charge in [0, 0.05) is 43.6 Å². The molecule has 0 bridgehead atoms. The minimum absolute atomic E-state index is 0.133. The maximum absolute atomic E-state index is 12.5. The van der Waals surface area contributed by atoms with Gasteiger partial charge in [-0.1, -0.05) is 6.07 Å². The fraction of sp³-hybridized carbons (Fsp3) is 0.400. The lowest BCUT2D eigenvalue weighted by Crippen LogP contribution is -2.39. The fourth-order valence-electron chi connectivity index (χ4n) is 2.86. The Bertz CT molecular complexity index is 757. The van der Waals surface area contributed by atoms with Crippen LogP contribution in [0.1, 0.15) is 21.5 Å². The van der Waals surface area contributed by atoms with Gasteiger partial charge in [-0.15, -0.1) is 0 Å². The molecule has 1 fully saturated rings. The van der Waals surface area contributed by atoms with Crippen molar-refractivity contribution in [3.8, 4) is 0 Å². The highest BCUT2D eigenvalue weighted by Gasteiger charge is 2.11. The van der Waals surface area contributed by atoms with E-state index in [1.165, 1.54) is 5.56 Å². The Labute approximate surface area is 154 Å². The van der Waals surface area contributed by atoms with Gasteiger partial charge in [0.2, 0.25) is 0 Å². The molecule has 0 aliphatic carbocycles. The zero-order chi connectivity index (χ0) is 18.4. The van der Waals surface area contributed by atoms with Crippen molar-refractivity contribution < 1.29 is 9.53 Å². The molecule has 26 heavy (non-hydrogen) atoms. The minimum atomic E-state index is -0.133. The molecule has 6 nitrogen and oxygen atoms in total. The standard InChI is InChI=1S/C20H26N4O2/c1-15-3-4-18(13-16(15)2)23-20(25)17-5-6-21-19(14-17)22-7-8-24-9-11-26-12-10-24/h3-6,13-14H,7-12H2,1-2H3,(H,21,22)(H,23,25). The summed E-state index contributed by atoms with van der Waals surface area (Å²) in [7, 11) is 0. The summed E-state index contributed by atoms with van der Waals surface area (Å²) in [6, 6.07) is 9.42. The highest BCUT2D eigenvalue weighted by atomic mass is 16.5. The molecule has 1 aliphatic heterocycles. The van der Waals surface area contributed by atoms with E-state index in [0.29, 0.717) is 11.4 Å². The summed E-state index contributed by atoms with van der Waals surface area (Å²) in [5.74, 6) is 0.581. The van der Waals surface area contributed by atoms with Gasteiger partial charge in [-0.2, -0.15) is 0 Å². The van der Waals surface area contributed by atoms with Gasteiger partial charge in [-0.25, -0.2) is 4.98 Å². The van der Waals surface area contributed by atoms with E-state index >= 15 is 0 Å². The van der Waals surface area contributed by atoms with Crippen LogP contribution in [0.5, 0.6) is 0 Å². The van der Waals surface area contributed by atoms with Crippen molar-refractivity contribution in [3.63, 3.8) is 0 Å². The molecule has 0 radical (unpaired) electrons. The predicted octanol–water partition coefficient (Wildman–Crippen LogP) is 2.69. The molecule has 2 N–H and O–H groups in total. The van der Waals surface area contributed by atoms with Gasteiger partial charge >= 0.3 is 0 Å². The number of carbonyl (C=O) groups excluding carboxylic acids is 1. The quantitative estimate of drug-likeness (QED) is 0.835. The molecular formula is C20H26N4O2. The minimum Gasteiger partial charge on any atom is -0.379 e. The van der Waals surface area contributed by atoms with Crippen molar-refractivity contribution in [2.45, 2.75) is 13.8 Å². The number of hydrogen-bond donors (Lipinski definition) is 2. The Morgan fingerprint density at radius 1 is 1.15 bits per heavy atom. The summed E-state index contributed by atoms with van der Waals surface area (Å²) in [6.07, 6.45) is 1.66. The predicted molar refractivity (Wildman–Crippen MR) is 104 cm³/mol. The third-order valence-corrected chi connectivity index (χ3v) is 4.62. The van der Waals surface area contributed by atoms with E-state index in [1.807, 2.05) is 25.1 Å². The number of aryl methyl sites for hydroxylation is 2. The number of hydrogen-bond acceptors (Lipinski definition) is 5. The first-order valence-corrected chi connectivity index (χ1v) is 9.00. The van der Waals surface area contributed by atoms with Crippen molar-refractivity contribution in [3.05, 3.63) is 53.2 Å². The third-order valence-electron chi connectivity index (χ3n) is 4.62. The van der Waals surface area contributed by atoms with Crippen LogP contribution < -0.4 is 10.6 Å². The molecule has 2 heterocycles. The molecule has 1 aromatic heterocycles. The molecule has 3 rings (SSSR count). The molecule has 0 saturated carbocycles. The van der Waals surface area contributed by atoms with Gasteiger partial charge in [-0.05, 0) is 49.2 Å². The molecule has 2 aromatic rings. The van der Waals surface area contributed by atoms with Crippen molar-refractivity contribution in [1.82, 2.24) is 9.88 Å². The maximum Gasteiger partial charge on any atom is 0.255 e. The highest BCUT2D eigenvalue weighted by Crippen LogP contribution is 2.16. The van der Waals surface area contributed by atoms with Crippen LogP contribution >= 0.6 is 0 Å². The summed E-state index contributed by atoms with van der Waals surface area (Å²) in [5, 5.41) is 6.24. The normalized spacial score (nSPS) is 14.8. The van der Waals surface area contributed by atoms with Gasteiger partial charge in [-0.3, -0.25) is 9.69 Å². The van der Waals surface area contributed by atoms with Crippen molar-refractivity contribution >= 4 is 17.4 Å². The zero-order valence-electron chi connectivity index (χ0n) is 15.4. The number of amides is 1. The SMILES string of the molecule is Cc1ccc(NC(=O)c2ccnc(NCCN3CCOCC3)c2)cc1C. The van der Waals surface area contributed by atoms with E-state index in [9.17, 15) is 4.79 Å². The number of rotatable bonds is 6. The van der Waals surface area contributed by atoms with E-state index in [0.717, 1.165) is 50.6 Å². The van der Waals surface area contributed by atoms with Crippen LogP contribution in [0.2, 0.25) is 0 Å². The molecular weight excluding hydrogens is 328 g/mol. The number of nitrogens with one attached hydrogen (secondary N) is 2. The zero-order valence-corrected chi connectivity index (χ0v) is 15.4. The molecule has 1 aromatic carbocycles. The Morgan fingerprint density at radius 3 is 2.73 bits per heavy atom. The Balaban J connectivity index is 1.55. The lowest BCUT2D eigenvalue weighted by Gasteiger charge is -2.26. The van der Waals surface area contributed by atoms with Crippen LogP contribution in [0.4, 0.5) is 11.5 Å². The Morgan fingerprint density at radius 2 is 1.96 bits per heavy atom. The first-order valence-electron chi connectivity index (χ1n) is 9.00. The molecule has 1 amide bonds. The smallest absolute Gasteiger partial charge is 0.255 e. The van der Waals surface area contributed by atoms with Crippen molar-refractivity contribution in [2.24, 2.45) is 0 Å². The van der Waals surface area contributed by atoms with Gasteiger partial charge in [0.1, 0.15) is 5.82 Å². The van der Waals surface area contributed by atoms with E-state index in [1.54, 1.807) is 18.3 Å². The number of ether oxygens (including phenoxy) is 1. The largest absolute Gasteiger partial charge is 0.379 e. The van der Waals surface area contributed by atoms with E-state index in [-0.39, 0.29) is 5.91 Å². The number of morpholine rings is 1. The molecule has 6 heteroatoms. The first kappa shape index (κ1) is 18.4. The van der Waals surface area contributed by atoms with Crippen LogP contribution in [-0.4, -0.2) is 55.2 Å². The van der Waals surface area contributed by atoms with E-state index in [2.05, 4.69) is 27.4 Å². The second-order valence-electron chi connectivity index (χ2n) is 6.56. The number of benzene rings is 1. The summed E-state index contributed by atoms with van der Waals surface area (Å²) >= 11 is 0. The van der Waals surface area contributed by atoms with Gasteiger partial charge in [0.05, 0.1) is 13.2 Å². The molecule has 138 valence electrons. The molecule has 0 atom stereocenters. The number of nitrogens with zero attached hydrogens (tertiary/aromatic N) is 2. The van der Waals surface area contributed by atoms with Crippen molar-refractivity contribution in [1.29, 1.82) is 0 Å². The molecule has 0 spiro atoms. The fourth-order valence-corrected chi connectivity index (χ4v) is 2.86. The Kier molecular flexibility index (Phi) is 6.20. The third kappa shape index (κ3) is 5.03. The van der Waals surface area contributed by atoms with Gasteiger partial charge in [0.15, 0.2) is 0 Å². The molecule has 1 aliphatic rings. The lowest BCUT2D eigenvalue weighted by atomic mass is 10.1. The average Bonchev–Trinajstić information content (AvgIpc) is 2.66. The number of aromatic nitrogens is 1. The topological polar surface area (TPSA) is 66.5 Å².